The van der Waals surface area contributed by atoms with Gasteiger partial charge in [-0.15, -0.1) is 0 Å². The Balaban J connectivity index is 2.38. The summed E-state index contributed by atoms with van der Waals surface area (Å²) in [5, 5.41) is 0.888. The maximum absolute atomic E-state index is 6.26. The average Bonchev–Trinajstić information content (AvgIpc) is 2.77. The number of aromatic nitrogens is 3. The fourth-order valence-electron chi connectivity index (χ4n) is 1.97. The normalized spacial score (nSPS) is 10.9. The Morgan fingerprint density at radius 3 is 2.80 bits per heavy atom. The van der Waals surface area contributed by atoms with E-state index in [0.717, 1.165) is 5.52 Å². The average molecular weight is 326 g/mol. The predicted molar refractivity (Wildman–Crippen MR) is 82.8 cm³/mol. The summed E-state index contributed by atoms with van der Waals surface area (Å²) in [5.74, 6) is 0.499. The van der Waals surface area contributed by atoms with E-state index in [2.05, 4.69) is 9.97 Å². The van der Waals surface area contributed by atoms with Gasteiger partial charge in [-0.25, -0.2) is 0 Å². The van der Waals surface area contributed by atoms with E-state index in [1.807, 2.05) is 18.2 Å². The van der Waals surface area contributed by atoms with Gasteiger partial charge in [-0.2, -0.15) is 4.98 Å². The lowest BCUT2D eigenvalue weighted by molar-refractivity contribution is 0.399. The SMILES string of the molecule is COc1ccc2[nH]c(=S)n(-c3cccc(Cl)c3Cl)c2n1. The van der Waals surface area contributed by atoms with Crippen LogP contribution in [0.4, 0.5) is 0 Å². The molecule has 2 heterocycles. The molecule has 2 aromatic heterocycles. The molecule has 1 N–H and O–H groups in total. The Morgan fingerprint density at radius 2 is 2.05 bits per heavy atom. The van der Waals surface area contributed by atoms with Crippen molar-refractivity contribution in [3.63, 3.8) is 0 Å². The highest BCUT2D eigenvalue weighted by atomic mass is 35.5. The number of H-pyrrole nitrogens is 1. The Labute approximate surface area is 129 Å². The van der Waals surface area contributed by atoms with Crippen LogP contribution in [0.1, 0.15) is 0 Å². The molecule has 0 amide bonds. The number of rotatable bonds is 2. The minimum atomic E-state index is 0.427. The van der Waals surface area contributed by atoms with E-state index in [4.69, 9.17) is 40.2 Å². The zero-order valence-electron chi connectivity index (χ0n) is 10.4. The number of hydrogen-bond acceptors (Lipinski definition) is 3. The number of nitrogens with one attached hydrogen (secondary N) is 1. The molecule has 0 unspecified atom stereocenters. The molecule has 0 aliphatic carbocycles. The van der Waals surface area contributed by atoms with Crippen LogP contribution in [0.5, 0.6) is 5.88 Å². The van der Waals surface area contributed by atoms with E-state index < -0.39 is 0 Å². The van der Waals surface area contributed by atoms with Crippen molar-refractivity contribution in [1.29, 1.82) is 0 Å². The summed E-state index contributed by atoms with van der Waals surface area (Å²) in [6.07, 6.45) is 0. The highest BCUT2D eigenvalue weighted by Gasteiger charge is 2.13. The maximum atomic E-state index is 6.26. The van der Waals surface area contributed by atoms with Crippen LogP contribution >= 0.6 is 35.4 Å². The van der Waals surface area contributed by atoms with E-state index in [9.17, 15) is 0 Å². The molecule has 0 atom stereocenters. The van der Waals surface area contributed by atoms with Gasteiger partial charge in [-0.3, -0.25) is 4.57 Å². The van der Waals surface area contributed by atoms with Gasteiger partial charge in [0.2, 0.25) is 5.88 Å². The van der Waals surface area contributed by atoms with Crippen molar-refractivity contribution < 1.29 is 4.74 Å². The molecule has 0 radical (unpaired) electrons. The molecule has 0 aliphatic heterocycles. The second-order valence-electron chi connectivity index (χ2n) is 4.06. The summed E-state index contributed by atoms with van der Waals surface area (Å²) in [6, 6.07) is 8.98. The summed E-state index contributed by atoms with van der Waals surface area (Å²) in [4.78, 5) is 7.48. The van der Waals surface area contributed by atoms with Crippen LogP contribution in [-0.2, 0) is 0 Å². The molecule has 1 aromatic carbocycles. The van der Waals surface area contributed by atoms with E-state index in [-0.39, 0.29) is 0 Å². The van der Waals surface area contributed by atoms with Crippen molar-refractivity contribution in [2.24, 2.45) is 0 Å². The third kappa shape index (κ3) is 2.08. The van der Waals surface area contributed by atoms with Gasteiger partial charge in [0.1, 0.15) is 0 Å². The molecule has 4 nitrogen and oxygen atoms in total. The summed E-state index contributed by atoms with van der Waals surface area (Å²) in [5.41, 5.74) is 2.11. The molecule has 20 heavy (non-hydrogen) atoms. The van der Waals surface area contributed by atoms with Crippen molar-refractivity contribution >= 4 is 46.6 Å². The predicted octanol–water partition coefficient (Wildman–Crippen LogP) is 4.40. The molecular formula is C13H9Cl2N3OS. The number of fused-ring (bicyclic) bond motifs is 1. The zero-order valence-corrected chi connectivity index (χ0v) is 12.7. The number of hydrogen-bond donors (Lipinski definition) is 1. The molecule has 102 valence electrons. The van der Waals surface area contributed by atoms with Gasteiger partial charge in [0, 0.05) is 6.07 Å². The molecule has 3 aromatic rings. The smallest absolute Gasteiger partial charge is 0.215 e. The quantitative estimate of drug-likeness (QED) is 0.710. The largest absolute Gasteiger partial charge is 0.481 e. The summed E-state index contributed by atoms with van der Waals surface area (Å²) < 4.78 is 7.37. The van der Waals surface area contributed by atoms with Gasteiger partial charge < -0.3 is 9.72 Å². The summed E-state index contributed by atoms with van der Waals surface area (Å²) >= 11 is 17.7. The number of benzene rings is 1. The molecule has 0 saturated carbocycles. The van der Waals surface area contributed by atoms with Crippen molar-refractivity contribution in [3.05, 3.63) is 45.1 Å². The van der Waals surface area contributed by atoms with Gasteiger partial charge >= 0.3 is 0 Å². The van der Waals surface area contributed by atoms with Crippen LogP contribution in [0.2, 0.25) is 10.0 Å². The highest BCUT2D eigenvalue weighted by molar-refractivity contribution is 7.71. The number of ether oxygens (including phenoxy) is 1. The molecule has 0 spiro atoms. The Morgan fingerprint density at radius 1 is 1.25 bits per heavy atom. The third-order valence-electron chi connectivity index (χ3n) is 2.89. The molecule has 0 aliphatic rings. The van der Waals surface area contributed by atoms with Crippen LogP contribution in [0.3, 0.4) is 0 Å². The standard InChI is InChI=1S/C13H9Cl2N3OS/c1-19-10-6-5-8-12(17-10)18(13(20)16-8)9-4-2-3-7(14)11(9)15/h2-6H,1H3,(H,16,20). The van der Waals surface area contributed by atoms with E-state index in [1.54, 1.807) is 23.8 Å². The Kier molecular flexibility index (Phi) is 3.41. The Hall–Kier alpha value is -1.56. The van der Waals surface area contributed by atoms with Crippen molar-refractivity contribution in [3.8, 4) is 11.6 Å². The van der Waals surface area contributed by atoms with E-state index in [1.165, 1.54) is 0 Å². The van der Waals surface area contributed by atoms with Crippen LogP contribution in [-0.4, -0.2) is 21.6 Å². The molecule has 0 bridgehead atoms. The summed E-state index contributed by atoms with van der Waals surface area (Å²) in [7, 11) is 1.56. The minimum absolute atomic E-state index is 0.427. The number of halogens is 2. The van der Waals surface area contributed by atoms with Crippen LogP contribution < -0.4 is 4.74 Å². The number of pyridine rings is 1. The van der Waals surface area contributed by atoms with Gasteiger partial charge in [0.05, 0.1) is 28.4 Å². The van der Waals surface area contributed by atoms with Gasteiger partial charge in [-0.1, -0.05) is 29.3 Å². The second kappa shape index (κ2) is 5.09. The fraction of sp³-hybridized carbons (Fsp3) is 0.0769. The van der Waals surface area contributed by atoms with Crippen molar-refractivity contribution in [2.75, 3.05) is 7.11 Å². The first-order valence-corrected chi connectivity index (χ1v) is 6.88. The van der Waals surface area contributed by atoms with Crippen molar-refractivity contribution in [2.45, 2.75) is 0 Å². The molecule has 7 heteroatoms. The number of imidazole rings is 1. The second-order valence-corrected chi connectivity index (χ2v) is 5.24. The third-order valence-corrected chi connectivity index (χ3v) is 3.98. The lowest BCUT2D eigenvalue weighted by Gasteiger charge is -2.08. The van der Waals surface area contributed by atoms with Crippen LogP contribution in [0, 0.1) is 4.77 Å². The van der Waals surface area contributed by atoms with Gasteiger partial charge in [-0.05, 0) is 30.4 Å². The van der Waals surface area contributed by atoms with Gasteiger partial charge in [0.15, 0.2) is 10.4 Å². The number of aromatic amines is 1. The first-order chi connectivity index (χ1) is 9.61. The van der Waals surface area contributed by atoms with Crippen LogP contribution in [0.25, 0.3) is 16.9 Å². The molecular weight excluding hydrogens is 317 g/mol. The van der Waals surface area contributed by atoms with Crippen molar-refractivity contribution in [1.82, 2.24) is 14.5 Å². The first kappa shape index (κ1) is 13.4. The van der Waals surface area contributed by atoms with Gasteiger partial charge in [0.25, 0.3) is 0 Å². The maximum Gasteiger partial charge on any atom is 0.215 e. The zero-order chi connectivity index (χ0) is 14.3. The molecule has 0 saturated heterocycles. The lowest BCUT2D eigenvalue weighted by Crippen LogP contribution is -1.98. The van der Waals surface area contributed by atoms with Crippen LogP contribution in [0.15, 0.2) is 30.3 Å². The fourth-order valence-corrected chi connectivity index (χ4v) is 2.64. The topological polar surface area (TPSA) is 42.8 Å². The Bertz CT molecular complexity index is 856. The number of methoxy groups -OCH3 is 1. The van der Waals surface area contributed by atoms with E-state index >= 15 is 0 Å². The first-order valence-electron chi connectivity index (χ1n) is 5.72. The summed E-state index contributed by atoms with van der Waals surface area (Å²) in [6.45, 7) is 0. The highest BCUT2D eigenvalue weighted by Crippen LogP contribution is 2.31. The molecule has 3 rings (SSSR count). The minimum Gasteiger partial charge on any atom is -0.481 e. The van der Waals surface area contributed by atoms with E-state index in [0.29, 0.717) is 32.0 Å². The lowest BCUT2D eigenvalue weighted by atomic mass is 10.3. The number of nitrogens with zero attached hydrogens (tertiary/aromatic N) is 2. The molecule has 0 fully saturated rings. The monoisotopic (exact) mass is 325 g/mol.